The molecule has 5 rings (SSSR count). The second-order valence-electron chi connectivity index (χ2n) is 8.10. The molecule has 1 fully saturated rings. The Morgan fingerprint density at radius 2 is 1.95 bits per heavy atom. The van der Waals surface area contributed by atoms with Gasteiger partial charge in [0.2, 0.25) is 5.91 Å². The number of carbonyl (C=O) groups is 1. The van der Waals surface area contributed by atoms with Gasteiger partial charge in [0.25, 0.3) is 5.76 Å². The molecule has 11 heteroatoms. The largest absolute Gasteiger partial charge is 0.460 e. The van der Waals surface area contributed by atoms with Crippen LogP contribution >= 0.6 is 23.5 Å². The minimum Gasteiger partial charge on any atom is -0.460 e. The number of carbonyl (C=O) groups excluding carboxylic acids is 1. The van der Waals surface area contributed by atoms with Gasteiger partial charge < -0.3 is 9.73 Å². The maximum atomic E-state index is 12.5. The van der Waals surface area contributed by atoms with Crippen molar-refractivity contribution in [2.24, 2.45) is 10.2 Å². The second kappa shape index (κ2) is 11.1. The van der Waals surface area contributed by atoms with E-state index in [1.165, 1.54) is 11.8 Å². The Bertz CT molecular complexity index is 1450. The predicted octanol–water partition coefficient (Wildman–Crippen LogP) is 5.92. The highest BCUT2D eigenvalue weighted by atomic mass is 32.2. The van der Waals surface area contributed by atoms with Gasteiger partial charge in [-0.2, -0.15) is 19.0 Å². The Morgan fingerprint density at radius 1 is 1.16 bits per heavy atom. The van der Waals surface area contributed by atoms with Gasteiger partial charge in [0.1, 0.15) is 11.5 Å². The van der Waals surface area contributed by atoms with E-state index in [2.05, 4.69) is 20.6 Å². The number of para-hydroxylation sites is 1. The maximum Gasteiger partial charge on any atom is 0.288 e. The first-order valence-electron chi connectivity index (χ1n) is 11.3. The molecule has 0 saturated carbocycles. The van der Waals surface area contributed by atoms with Gasteiger partial charge in [-0.1, -0.05) is 53.9 Å². The van der Waals surface area contributed by atoms with Crippen LogP contribution in [0.5, 0.6) is 0 Å². The lowest BCUT2D eigenvalue weighted by Gasteiger charge is -2.06. The lowest BCUT2D eigenvalue weighted by molar-refractivity contribution is -0.118. The van der Waals surface area contributed by atoms with Crippen molar-refractivity contribution in [3.63, 3.8) is 0 Å². The smallest absolute Gasteiger partial charge is 0.288 e. The summed E-state index contributed by atoms with van der Waals surface area (Å²) in [7, 11) is 0. The van der Waals surface area contributed by atoms with Gasteiger partial charge in [0.15, 0.2) is 10.9 Å². The lowest BCUT2D eigenvalue weighted by Crippen LogP contribution is -2.25. The summed E-state index contributed by atoms with van der Waals surface area (Å²) in [6, 6.07) is 20.2. The van der Waals surface area contributed by atoms with E-state index in [4.69, 9.17) is 4.42 Å². The third kappa shape index (κ3) is 6.17. The average molecular weight is 538 g/mol. The summed E-state index contributed by atoms with van der Waals surface area (Å²) >= 11 is 1.77. The molecule has 188 valence electrons. The fourth-order valence-corrected chi connectivity index (χ4v) is 5.16. The second-order valence-corrected chi connectivity index (χ2v) is 10.4. The van der Waals surface area contributed by atoms with E-state index in [0.717, 1.165) is 17.0 Å². The fourth-order valence-electron chi connectivity index (χ4n) is 3.70. The molecule has 0 radical (unpaired) electrons. The molecule has 0 unspecified atom stereocenters. The van der Waals surface area contributed by atoms with Crippen molar-refractivity contribution in [2.45, 2.75) is 29.2 Å². The van der Waals surface area contributed by atoms with Gasteiger partial charge in [-0.05, 0) is 55.3 Å². The number of hydrogen-bond acceptors (Lipinski definition) is 7. The zero-order valence-corrected chi connectivity index (χ0v) is 21.2. The highest BCUT2D eigenvalue weighted by molar-refractivity contribution is 8.15. The molecule has 7 nitrogen and oxygen atoms in total. The summed E-state index contributed by atoms with van der Waals surface area (Å²) in [5.74, 6) is -1.25. The molecule has 1 aliphatic rings. The molecule has 0 spiro atoms. The number of nitrogens with one attached hydrogen (secondary N) is 1. The van der Waals surface area contributed by atoms with Crippen molar-refractivity contribution in [1.82, 2.24) is 15.1 Å². The fraction of sp³-hybridized carbons (Fsp3) is 0.154. The Morgan fingerprint density at radius 3 is 2.65 bits per heavy atom. The number of amidine groups is 1. The van der Waals surface area contributed by atoms with Crippen LogP contribution in [0.25, 0.3) is 17.1 Å². The van der Waals surface area contributed by atoms with Crippen LogP contribution in [0.4, 0.5) is 8.78 Å². The standard InChI is InChI=1S/C26H21F2N5O2S2/c1-16-7-12-21(35-16)23-18(15-33(32-23)19-5-3-2-4-6-19)14-29-31-26-30-24(34)22(37-26)13-17-8-10-20(11-9-17)36-25(27)28/h2-12,14-15,22,25H,13H2,1H3,(H,30,31,34)/b29-14-/t22-/m1/s1. The van der Waals surface area contributed by atoms with Crippen LogP contribution in [0.3, 0.4) is 0 Å². The van der Waals surface area contributed by atoms with Crippen LogP contribution in [-0.2, 0) is 11.2 Å². The minimum atomic E-state index is -2.46. The molecule has 4 aromatic rings. The Balaban J connectivity index is 1.30. The topological polar surface area (TPSA) is 84.8 Å². The van der Waals surface area contributed by atoms with Crippen LogP contribution in [0.1, 0.15) is 16.9 Å². The molecule has 0 bridgehead atoms. The normalized spacial score (nSPS) is 16.8. The number of rotatable bonds is 8. The first-order chi connectivity index (χ1) is 17.9. The van der Waals surface area contributed by atoms with Crippen LogP contribution in [0.15, 0.2) is 92.4 Å². The molecular formula is C26H21F2N5O2S2. The van der Waals surface area contributed by atoms with Crippen molar-refractivity contribution >= 4 is 40.8 Å². The first kappa shape index (κ1) is 25.0. The van der Waals surface area contributed by atoms with Gasteiger partial charge in [0.05, 0.1) is 17.2 Å². The molecule has 3 heterocycles. The van der Waals surface area contributed by atoms with Crippen molar-refractivity contribution in [1.29, 1.82) is 0 Å². The molecule has 1 amide bonds. The van der Waals surface area contributed by atoms with E-state index in [9.17, 15) is 13.6 Å². The van der Waals surface area contributed by atoms with Gasteiger partial charge in [0, 0.05) is 16.7 Å². The predicted molar refractivity (Wildman–Crippen MR) is 143 cm³/mol. The summed E-state index contributed by atoms with van der Waals surface area (Å²) in [5.41, 5.74) is 3.09. The summed E-state index contributed by atoms with van der Waals surface area (Å²) in [4.78, 5) is 12.9. The molecule has 37 heavy (non-hydrogen) atoms. The van der Waals surface area contributed by atoms with Crippen LogP contribution in [-0.4, -0.2) is 38.1 Å². The summed E-state index contributed by atoms with van der Waals surface area (Å²) in [6.45, 7) is 1.87. The highest BCUT2D eigenvalue weighted by Gasteiger charge is 2.30. The van der Waals surface area contributed by atoms with E-state index in [1.807, 2.05) is 55.6 Å². The number of furan rings is 1. The van der Waals surface area contributed by atoms with E-state index in [0.29, 0.717) is 45.3 Å². The monoisotopic (exact) mass is 537 g/mol. The third-order valence-electron chi connectivity index (χ3n) is 5.43. The van der Waals surface area contributed by atoms with Gasteiger partial charge in [-0.15, -0.1) is 5.10 Å². The number of nitrogens with zero attached hydrogens (tertiary/aromatic N) is 4. The number of benzene rings is 2. The number of halogens is 2. The van der Waals surface area contributed by atoms with E-state index < -0.39 is 5.76 Å². The molecule has 1 aliphatic heterocycles. The number of aromatic nitrogens is 2. The zero-order chi connectivity index (χ0) is 25.8. The molecular weight excluding hydrogens is 516 g/mol. The minimum absolute atomic E-state index is 0.173. The Labute approximate surface area is 220 Å². The molecule has 2 aromatic heterocycles. The molecule has 1 N–H and O–H groups in total. The highest BCUT2D eigenvalue weighted by Crippen LogP contribution is 2.28. The van der Waals surface area contributed by atoms with Crippen molar-refractivity contribution in [2.75, 3.05) is 0 Å². The number of alkyl halides is 2. The van der Waals surface area contributed by atoms with Crippen LogP contribution in [0.2, 0.25) is 0 Å². The van der Waals surface area contributed by atoms with Gasteiger partial charge >= 0.3 is 0 Å². The Hall–Kier alpha value is -3.70. The van der Waals surface area contributed by atoms with Gasteiger partial charge in [-0.3, -0.25) is 4.79 Å². The lowest BCUT2D eigenvalue weighted by atomic mass is 10.1. The number of aryl methyl sites for hydroxylation is 1. The average Bonchev–Trinajstić information content (AvgIpc) is 3.59. The third-order valence-corrected chi connectivity index (χ3v) is 7.22. The summed E-state index contributed by atoms with van der Waals surface area (Å²) < 4.78 is 32.6. The van der Waals surface area contributed by atoms with Crippen molar-refractivity contribution < 1.29 is 18.0 Å². The van der Waals surface area contributed by atoms with Crippen molar-refractivity contribution in [3.05, 3.63) is 89.8 Å². The zero-order valence-electron chi connectivity index (χ0n) is 19.5. The molecule has 1 atom stereocenters. The summed E-state index contributed by atoms with van der Waals surface area (Å²) in [6.07, 6.45) is 3.86. The number of amides is 1. The van der Waals surface area contributed by atoms with E-state index >= 15 is 0 Å². The van der Waals surface area contributed by atoms with E-state index in [-0.39, 0.29) is 11.2 Å². The van der Waals surface area contributed by atoms with Gasteiger partial charge in [-0.25, -0.2) is 4.68 Å². The summed E-state index contributed by atoms with van der Waals surface area (Å²) in [5, 5.41) is 15.8. The quantitative estimate of drug-likeness (QED) is 0.171. The maximum absolute atomic E-state index is 12.5. The van der Waals surface area contributed by atoms with E-state index in [1.54, 1.807) is 35.2 Å². The van der Waals surface area contributed by atoms with Crippen LogP contribution in [0, 0.1) is 6.92 Å². The Kier molecular flexibility index (Phi) is 7.52. The van der Waals surface area contributed by atoms with Crippen molar-refractivity contribution in [3.8, 4) is 17.1 Å². The molecule has 2 aromatic carbocycles. The van der Waals surface area contributed by atoms with Crippen LogP contribution < -0.4 is 5.32 Å². The number of thioether (sulfide) groups is 2. The molecule has 0 aliphatic carbocycles. The number of hydrogen-bond donors (Lipinski definition) is 1. The molecule has 1 saturated heterocycles. The first-order valence-corrected chi connectivity index (χ1v) is 13.0. The SMILES string of the molecule is Cc1ccc(-c2nn(-c3ccccc3)cc2/C=N\N=C2/NC(=O)[C@@H](Cc3ccc(SC(F)F)cc3)S2)o1.